The highest BCUT2D eigenvalue weighted by molar-refractivity contribution is 7.01. The van der Waals surface area contributed by atoms with Crippen molar-refractivity contribution >= 4 is 78.8 Å². The zero-order chi connectivity index (χ0) is 45.2. The maximum Gasteiger partial charge on any atom is 0.479 e. The van der Waals surface area contributed by atoms with Crippen LogP contribution in [0.15, 0.2) is 0 Å². The van der Waals surface area contributed by atoms with Crippen molar-refractivity contribution in [2.45, 2.75) is 177 Å². The summed E-state index contributed by atoms with van der Waals surface area (Å²) in [6, 6.07) is 3.84. The van der Waals surface area contributed by atoms with Crippen LogP contribution in [-0.2, 0) is 49.4 Å². The van der Waals surface area contributed by atoms with Crippen molar-refractivity contribution < 1.29 is 54.2 Å². The Kier molecular flexibility index (Phi) is 18.6. The Bertz CT molecular complexity index is 1330. The molecule has 4 saturated heterocycles. The van der Waals surface area contributed by atoms with Gasteiger partial charge in [-0.1, -0.05) is 96.9 Å². The smallest absolute Gasteiger partial charge is 0.411 e. The van der Waals surface area contributed by atoms with Crippen molar-refractivity contribution in [3.05, 3.63) is 0 Å². The molecule has 4 aliphatic rings. The summed E-state index contributed by atoms with van der Waals surface area (Å²) in [5.74, 6) is 0.377. The second-order valence-electron chi connectivity index (χ2n) is 21.3. The van der Waals surface area contributed by atoms with E-state index in [0.29, 0.717) is 80.3 Å². The van der Waals surface area contributed by atoms with Gasteiger partial charge in [0.05, 0.1) is 0 Å². The summed E-state index contributed by atoms with van der Waals surface area (Å²) in [5, 5.41) is 0. The molecule has 6 bridgehead atoms. The van der Waals surface area contributed by atoms with E-state index in [2.05, 4.69) is 103 Å². The second kappa shape index (κ2) is 20.7. The average molecular weight is 1010 g/mol. The van der Waals surface area contributed by atoms with Crippen molar-refractivity contribution in [1.29, 1.82) is 0 Å². The summed E-state index contributed by atoms with van der Waals surface area (Å²) in [5.41, 5.74) is 12.3. The molecule has 4 heterocycles. The molecule has 0 spiro atoms. The summed E-state index contributed by atoms with van der Waals surface area (Å²) < 4.78 is 93.7. The largest absolute Gasteiger partial charge is 0.479 e. The standard InChI is InChI=1S/C36H86N2O13Si9/c1-30(2)23-54(40-52(15,39)21-17-19-37)43-57(26-33(7)8)45-55(24-31(3)4)41-53(16,22-18-20-38)42-56(25-32(5)6)46-58(44-54,27-34(9)10)50-60(49-57,29-36(13)14)51-59(47-55,48-56)28-35(11)12/h30-36,39H,17-29,37-38H2,1-16H3/t52?,53?,54?,55-,56?,57+,58?,59?,60?/m0/s1. The molecule has 0 amide bonds. The number of fused-ring (bicyclic) bond motifs is 4. The van der Waals surface area contributed by atoms with Crippen LogP contribution in [0.1, 0.15) is 110 Å². The fraction of sp³-hybridized carbons (Fsp3) is 1.00. The SMILES string of the molecule is CC(C)C[Si]12O[Si](C)(CCCN)O[Si@]3(CC(C)C)O[Si](CC(C)C)(O1)O[Si]1(CC(C)C)O[Si](CC(C)C)(O2)O[Si](CC(C)C)(O[Si](C)(O)CCCN)O[Si@@](CC(C)C)(O1)O3. The molecule has 4 aliphatic heterocycles. The van der Waals surface area contributed by atoms with Gasteiger partial charge in [-0.3, -0.25) is 0 Å². The molecule has 0 radical (unpaired) electrons. The molecule has 354 valence electrons. The summed E-state index contributed by atoms with van der Waals surface area (Å²) in [6.07, 6.45) is 1.25. The summed E-state index contributed by atoms with van der Waals surface area (Å²) in [7, 11) is -35.5. The number of nitrogens with two attached hydrogens (primary N) is 2. The Balaban J connectivity index is 2.30. The monoisotopic (exact) mass is 1010 g/mol. The first-order valence-electron chi connectivity index (χ1n) is 23.1. The summed E-state index contributed by atoms with van der Waals surface area (Å²) in [4.78, 5) is 12.4. The van der Waals surface area contributed by atoms with Crippen LogP contribution in [0, 0.1) is 41.4 Å². The van der Waals surface area contributed by atoms with Crippen molar-refractivity contribution in [2.24, 2.45) is 52.9 Å². The van der Waals surface area contributed by atoms with Crippen LogP contribution in [-0.4, -0.2) is 96.6 Å². The van der Waals surface area contributed by atoms with E-state index in [0.717, 1.165) is 0 Å². The van der Waals surface area contributed by atoms with E-state index in [1.165, 1.54) is 0 Å². The van der Waals surface area contributed by atoms with Crippen LogP contribution in [0.3, 0.4) is 0 Å². The lowest BCUT2D eigenvalue weighted by atomic mass is 10.3. The van der Waals surface area contributed by atoms with Crippen LogP contribution in [0.5, 0.6) is 0 Å². The Morgan fingerprint density at radius 3 is 0.967 bits per heavy atom. The lowest BCUT2D eigenvalue weighted by Crippen LogP contribution is -2.85. The van der Waals surface area contributed by atoms with Gasteiger partial charge in [0.15, 0.2) is 0 Å². The molecule has 4 rings (SSSR count). The van der Waals surface area contributed by atoms with Crippen LogP contribution in [0.4, 0.5) is 0 Å². The summed E-state index contributed by atoms with van der Waals surface area (Å²) >= 11 is 0. The first kappa shape index (κ1) is 54.0. The van der Waals surface area contributed by atoms with Gasteiger partial charge in [-0.15, -0.1) is 0 Å². The van der Waals surface area contributed by atoms with E-state index in [-0.39, 0.29) is 41.4 Å². The molecule has 60 heavy (non-hydrogen) atoms. The third-order valence-electron chi connectivity index (χ3n) is 10.2. The van der Waals surface area contributed by atoms with Gasteiger partial charge in [0, 0.05) is 42.3 Å². The Hall–Kier alpha value is 1.35. The highest BCUT2D eigenvalue weighted by Crippen LogP contribution is 2.53. The molecule has 4 fully saturated rings. The van der Waals surface area contributed by atoms with Crippen molar-refractivity contribution in [1.82, 2.24) is 0 Å². The van der Waals surface area contributed by atoms with Gasteiger partial charge >= 0.3 is 78.8 Å². The lowest BCUT2D eigenvalue weighted by molar-refractivity contribution is -0.00579. The number of hydrogen-bond donors (Lipinski definition) is 3. The minimum absolute atomic E-state index is 0.0166. The topological polar surface area (TPSA) is 183 Å². The van der Waals surface area contributed by atoms with Gasteiger partial charge in [0.2, 0.25) is 0 Å². The average Bonchev–Trinajstić information content (AvgIpc) is 2.96. The van der Waals surface area contributed by atoms with E-state index in [4.69, 9.17) is 60.8 Å². The second-order valence-corrected chi connectivity index (χ2v) is 49.1. The van der Waals surface area contributed by atoms with Gasteiger partial charge < -0.3 is 65.6 Å². The van der Waals surface area contributed by atoms with E-state index in [1.54, 1.807) is 6.55 Å². The first-order chi connectivity index (χ1) is 27.5. The van der Waals surface area contributed by atoms with Gasteiger partial charge in [-0.05, 0) is 92.5 Å². The maximum absolute atomic E-state index is 12.4. The highest BCUT2D eigenvalue weighted by Gasteiger charge is 2.80. The van der Waals surface area contributed by atoms with Crippen LogP contribution in [0.25, 0.3) is 0 Å². The first-order valence-corrected chi connectivity index (χ1v) is 41.7. The normalized spacial score (nSPS) is 38.5. The fourth-order valence-electron chi connectivity index (χ4n) is 8.96. The van der Waals surface area contributed by atoms with Crippen LogP contribution >= 0.6 is 0 Å². The Morgan fingerprint density at radius 1 is 0.433 bits per heavy atom. The summed E-state index contributed by atoms with van der Waals surface area (Å²) in [6.45, 7) is 34.8. The molecule has 0 saturated carbocycles. The molecule has 7 unspecified atom stereocenters. The molecule has 0 aromatic rings. The van der Waals surface area contributed by atoms with Crippen molar-refractivity contribution in [2.75, 3.05) is 13.1 Å². The molecule has 5 N–H and O–H groups in total. The Labute approximate surface area is 374 Å². The highest BCUT2D eigenvalue weighted by atomic mass is 28.6. The van der Waals surface area contributed by atoms with Gasteiger partial charge in [-0.25, -0.2) is 0 Å². The molecule has 0 aromatic carbocycles. The van der Waals surface area contributed by atoms with E-state index in [9.17, 15) is 4.80 Å². The molecule has 0 aromatic heterocycles. The number of rotatable bonds is 22. The fourth-order valence-corrected chi connectivity index (χ4v) is 62.8. The molecule has 9 atom stereocenters. The molecule has 24 heteroatoms. The third-order valence-corrected chi connectivity index (χ3v) is 53.3. The Morgan fingerprint density at radius 2 is 0.700 bits per heavy atom. The van der Waals surface area contributed by atoms with Gasteiger partial charge in [0.25, 0.3) is 0 Å². The predicted octanol–water partition coefficient (Wildman–Crippen LogP) is 8.24. The number of hydrogen-bond acceptors (Lipinski definition) is 15. The third kappa shape index (κ3) is 14.4. The van der Waals surface area contributed by atoms with Crippen molar-refractivity contribution in [3.63, 3.8) is 0 Å². The van der Waals surface area contributed by atoms with E-state index in [1.807, 2.05) is 0 Å². The van der Waals surface area contributed by atoms with Crippen LogP contribution < -0.4 is 11.5 Å². The zero-order valence-electron chi connectivity index (χ0n) is 40.2. The maximum atomic E-state index is 12.4. The van der Waals surface area contributed by atoms with E-state index < -0.39 is 78.8 Å². The van der Waals surface area contributed by atoms with E-state index >= 15 is 0 Å². The molecule has 15 nitrogen and oxygen atoms in total. The van der Waals surface area contributed by atoms with Gasteiger partial charge in [-0.2, -0.15) is 0 Å². The minimum atomic E-state index is -4.18. The lowest BCUT2D eigenvalue weighted by Gasteiger charge is -2.61. The quantitative estimate of drug-likeness (QED) is 0.0881. The van der Waals surface area contributed by atoms with Crippen LogP contribution in [0.2, 0.25) is 67.5 Å². The van der Waals surface area contributed by atoms with Gasteiger partial charge in [0.1, 0.15) is 0 Å². The zero-order valence-corrected chi connectivity index (χ0v) is 49.2. The molecular weight excluding hydrogens is 921 g/mol. The molecule has 0 aliphatic carbocycles. The predicted molar refractivity (Wildman–Crippen MR) is 253 cm³/mol. The molecular formula is C36H86N2O13Si9. The van der Waals surface area contributed by atoms with Crippen molar-refractivity contribution in [3.8, 4) is 0 Å². The minimum Gasteiger partial charge on any atom is -0.411 e.